The smallest absolute Gasteiger partial charge is 0.325 e. The number of aryl methyl sites for hydroxylation is 1. The molecule has 1 atom stereocenters. The van der Waals surface area contributed by atoms with Gasteiger partial charge in [0, 0.05) is 16.5 Å². The molecule has 0 saturated carbocycles. The largest absolute Gasteiger partial charge is 0.480 e. The van der Waals surface area contributed by atoms with Gasteiger partial charge in [-0.05, 0) is 31.0 Å². The number of amides is 1. The maximum atomic E-state index is 11.5. The summed E-state index contributed by atoms with van der Waals surface area (Å²) in [4.78, 5) is 22.0. The Morgan fingerprint density at radius 2 is 2.06 bits per heavy atom. The van der Waals surface area contributed by atoms with E-state index in [1.54, 1.807) is 18.2 Å². The monoisotopic (exact) mass is 289 g/mol. The predicted octanol–water partition coefficient (Wildman–Crippen LogP) is 2.52. The predicted molar refractivity (Wildman–Crippen MR) is 70.0 cm³/mol. The normalized spacial score (nSPS) is 11.9. The van der Waals surface area contributed by atoms with E-state index in [1.165, 1.54) is 6.92 Å². The van der Waals surface area contributed by atoms with Crippen molar-refractivity contribution in [2.75, 3.05) is 0 Å². The highest BCUT2D eigenvalue weighted by atomic mass is 35.5. The van der Waals surface area contributed by atoms with Crippen LogP contribution in [0.5, 0.6) is 0 Å². The number of benzene rings is 1. The van der Waals surface area contributed by atoms with Gasteiger partial charge < -0.3 is 10.4 Å². The SMILES string of the molecule is CC(NC(=O)CCc1ccc(Cl)cc1Cl)C(=O)O. The summed E-state index contributed by atoms with van der Waals surface area (Å²) in [6.45, 7) is 1.41. The van der Waals surface area contributed by atoms with E-state index < -0.39 is 12.0 Å². The molecule has 0 fully saturated rings. The number of carboxylic acids is 1. The molecule has 2 N–H and O–H groups in total. The second kappa shape index (κ2) is 6.61. The van der Waals surface area contributed by atoms with Crippen LogP contribution in [0.1, 0.15) is 18.9 Å². The zero-order valence-corrected chi connectivity index (χ0v) is 11.3. The van der Waals surface area contributed by atoms with Gasteiger partial charge in [-0.3, -0.25) is 9.59 Å². The van der Waals surface area contributed by atoms with Gasteiger partial charge in [0.05, 0.1) is 0 Å². The van der Waals surface area contributed by atoms with Crippen molar-refractivity contribution in [3.63, 3.8) is 0 Å². The van der Waals surface area contributed by atoms with Gasteiger partial charge in [0.2, 0.25) is 5.91 Å². The Balaban J connectivity index is 2.50. The quantitative estimate of drug-likeness (QED) is 0.875. The molecular weight excluding hydrogens is 277 g/mol. The highest BCUT2D eigenvalue weighted by molar-refractivity contribution is 6.35. The van der Waals surface area contributed by atoms with Crippen LogP contribution in [0, 0.1) is 0 Å². The average molecular weight is 290 g/mol. The molecule has 1 aromatic rings. The molecule has 0 aliphatic carbocycles. The Morgan fingerprint density at radius 3 is 2.61 bits per heavy atom. The number of hydrogen-bond donors (Lipinski definition) is 2. The third kappa shape index (κ3) is 4.55. The van der Waals surface area contributed by atoms with Gasteiger partial charge in [0.15, 0.2) is 0 Å². The van der Waals surface area contributed by atoms with E-state index >= 15 is 0 Å². The molecular formula is C12H13Cl2NO3. The third-order valence-corrected chi connectivity index (χ3v) is 2.97. The molecule has 0 saturated heterocycles. The zero-order chi connectivity index (χ0) is 13.7. The second-order valence-corrected chi connectivity index (χ2v) is 4.71. The van der Waals surface area contributed by atoms with Crippen LogP contribution in [-0.4, -0.2) is 23.0 Å². The first-order valence-corrected chi connectivity index (χ1v) is 6.12. The van der Waals surface area contributed by atoms with Gasteiger partial charge in [-0.25, -0.2) is 0 Å². The summed E-state index contributed by atoms with van der Waals surface area (Å²) in [5.74, 6) is -1.39. The second-order valence-electron chi connectivity index (χ2n) is 3.86. The number of carbonyl (C=O) groups is 2. The summed E-state index contributed by atoms with van der Waals surface area (Å²) in [7, 11) is 0. The van der Waals surface area contributed by atoms with Crippen LogP contribution in [0.4, 0.5) is 0 Å². The Morgan fingerprint density at radius 1 is 1.39 bits per heavy atom. The Kier molecular flexibility index (Phi) is 5.44. The van der Waals surface area contributed by atoms with Crippen molar-refractivity contribution in [1.82, 2.24) is 5.32 Å². The van der Waals surface area contributed by atoms with Crippen molar-refractivity contribution in [3.8, 4) is 0 Å². The van der Waals surface area contributed by atoms with Gasteiger partial charge in [-0.15, -0.1) is 0 Å². The maximum Gasteiger partial charge on any atom is 0.325 e. The van der Waals surface area contributed by atoms with E-state index in [-0.39, 0.29) is 12.3 Å². The van der Waals surface area contributed by atoms with E-state index in [4.69, 9.17) is 28.3 Å². The average Bonchev–Trinajstić information content (AvgIpc) is 2.27. The number of rotatable bonds is 5. The lowest BCUT2D eigenvalue weighted by Gasteiger charge is -2.09. The molecule has 4 nitrogen and oxygen atoms in total. The molecule has 1 unspecified atom stereocenters. The summed E-state index contributed by atoms with van der Waals surface area (Å²) in [5.41, 5.74) is 0.805. The highest BCUT2D eigenvalue weighted by Gasteiger charge is 2.14. The highest BCUT2D eigenvalue weighted by Crippen LogP contribution is 2.21. The number of halogens is 2. The van der Waals surface area contributed by atoms with Gasteiger partial charge in [-0.2, -0.15) is 0 Å². The lowest BCUT2D eigenvalue weighted by atomic mass is 10.1. The molecule has 0 heterocycles. The molecule has 0 radical (unpaired) electrons. The maximum absolute atomic E-state index is 11.5. The fraction of sp³-hybridized carbons (Fsp3) is 0.333. The summed E-state index contributed by atoms with van der Waals surface area (Å²) < 4.78 is 0. The first kappa shape index (κ1) is 14.8. The zero-order valence-electron chi connectivity index (χ0n) is 9.74. The number of hydrogen-bond acceptors (Lipinski definition) is 2. The molecule has 1 rings (SSSR count). The fourth-order valence-electron chi connectivity index (χ4n) is 1.35. The van der Waals surface area contributed by atoms with Crippen LogP contribution in [0.25, 0.3) is 0 Å². The molecule has 18 heavy (non-hydrogen) atoms. The molecule has 0 aliphatic heterocycles. The Bertz CT molecular complexity index is 463. The minimum Gasteiger partial charge on any atom is -0.480 e. The van der Waals surface area contributed by atoms with Crippen molar-refractivity contribution in [2.45, 2.75) is 25.8 Å². The topological polar surface area (TPSA) is 66.4 Å². The lowest BCUT2D eigenvalue weighted by molar-refractivity contribution is -0.141. The first-order valence-electron chi connectivity index (χ1n) is 5.36. The molecule has 0 spiro atoms. The van der Waals surface area contributed by atoms with E-state index in [0.29, 0.717) is 16.5 Å². The summed E-state index contributed by atoms with van der Waals surface area (Å²) in [5, 5.41) is 12.0. The Labute approximate surface area is 115 Å². The van der Waals surface area contributed by atoms with Gasteiger partial charge in [0.25, 0.3) is 0 Å². The van der Waals surface area contributed by atoms with Crippen LogP contribution in [-0.2, 0) is 16.0 Å². The van der Waals surface area contributed by atoms with Crippen LogP contribution in [0.2, 0.25) is 10.0 Å². The van der Waals surface area contributed by atoms with Crippen LogP contribution in [0.15, 0.2) is 18.2 Å². The molecule has 1 aromatic carbocycles. The van der Waals surface area contributed by atoms with E-state index in [0.717, 1.165) is 5.56 Å². The molecule has 98 valence electrons. The van der Waals surface area contributed by atoms with Crippen molar-refractivity contribution in [2.24, 2.45) is 0 Å². The first-order chi connectivity index (χ1) is 8.40. The van der Waals surface area contributed by atoms with E-state index in [2.05, 4.69) is 5.32 Å². The van der Waals surface area contributed by atoms with Crippen molar-refractivity contribution >= 4 is 35.1 Å². The van der Waals surface area contributed by atoms with Gasteiger partial charge in [0.1, 0.15) is 6.04 Å². The van der Waals surface area contributed by atoms with Crippen LogP contribution in [0.3, 0.4) is 0 Å². The van der Waals surface area contributed by atoms with E-state index in [9.17, 15) is 9.59 Å². The van der Waals surface area contributed by atoms with E-state index in [1.807, 2.05) is 0 Å². The molecule has 0 bridgehead atoms. The van der Waals surface area contributed by atoms with Crippen molar-refractivity contribution in [1.29, 1.82) is 0 Å². The lowest BCUT2D eigenvalue weighted by Crippen LogP contribution is -2.38. The number of aliphatic carboxylic acids is 1. The standard InChI is InChI=1S/C12H13Cl2NO3/c1-7(12(17)18)15-11(16)5-3-8-2-4-9(13)6-10(8)14/h2,4,6-7H,3,5H2,1H3,(H,15,16)(H,17,18). The van der Waals surface area contributed by atoms with Gasteiger partial charge >= 0.3 is 5.97 Å². The number of carboxylic acid groups (broad SMARTS) is 1. The molecule has 1 amide bonds. The number of carbonyl (C=O) groups excluding carboxylic acids is 1. The summed E-state index contributed by atoms with van der Waals surface area (Å²) >= 11 is 11.7. The number of nitrogens with one attached hydrogen (secondary N) is 1. The minimum absolute atomic E-state index is 0.180. The summed E-state index contributed by atoms with van der Waals surface area (Å²) in [6, 6.07) is 4.16. The van der Waals surface area contributed by atoms with Crippen LogP contribution < -0.4 is 5.32 Å². The van der Waals surface area contributed by atoms with Gasteiger partial charge in [-0.1, -0.05) is 29.3 Å². The van der Waals surface area contributed by atoms with Crippen LogP contribution >= 0.6 is 23.2 Å². The fourth-order valence-corrected chi connectivity index (χ4v) is 1.85. The summed E-state index contributed by atoms with van der Waals surface area (Å²) in [6.07, 6.45) is 0.618. The molecule has 6 heteroatoms. The Hall–Kier alpha value is -1.26. The third-order valence-electron chi connectivity index (χ3n) is 2.38. The van der Waals surface area contributed by atoms with Crippen molar-refractivity contribution in [3.05, 3.63) is 33.8 Å². The van der Waals surface area contributed by atoms with Crippen molar-refractivity contribution < 1.29 is 14.7 Å². The molecule has 0 aliphatic rings. The minimum atomic E-state index is -1.06. The molecule has 0 aromatic heterocycles.